The highest BCUT2D eigenvalue weighted by Crippen LogP contribution is 2.33. The van der Waals surface area contributed by atoms with Gasteiger partial charge in [-0.2, -0.15) is 0 Å². The Labute approximate surface area is 164 Å². The van der Waals surface area contributed by atoms with Crippen molar-refractivity contribution in [2.45, 2.75) is 33.1 Å². The first-order valence-electron chi connectivity index (χ1n) is 8.61. The fraction of sp³-hybridized carbons (Fsp3) is 0.333. The van der Waals surface area contributed by atoms with E-state index in [9.17, 15) is 9.59 Å². The van der Waals surface area contributed by atoms with Gasteiger partial charge >= 0.3 is 5.97 Å². The number of aryl methyl sites for hydroxylation is 1. The molecule has 0 unspecified atom stereocenters. The van der Waals surface area contributed by atoms with Crippen LogP contribution in [-0.4, -0.2) is 28.5 Å². The molecule has 3 N–H and O–H groups in total. The summed E-state index contributed by atoms with van der Waals surface area (Å²) in [7, 11) is 0. The summed E-state index contributed by atoms with van der Waals surface area (Å²) in [6.45, 7) is 4.18. The second-order valence-electron chi connectivity index (χ2n) is 5.82. The predicted molar refractivity (Wildman–Crippen MR) is 108 cm³/mol. The molecule has 0 atom stereocenters. The molecule has 9 heteroatoms. The van der Waals surface area contributed by atoms with Gasteiger partial charge < -0.3 is 10.5 Å². The number of ether oxygens (including phenoxy) is 1. The van der Waals surface area contributed by atoms with Gasteiger partial charge in [0, 0.05) is 22.2 Å². The van der Waals surface area contributed by atoms with E-state index in [1.807, 2.05) is 12.1 Å². The second-order valence-corrected chi connectivity index (χ2v) is 7.93. The van der Waals surface area contributed by atoms with E-state index in [1.54, 1.807) is 13.1 Å². The van der Waals surface area contributed by atoms with Crippen molar-refractivity contribution in [1.82, 2.24) is 9.97 Å². The van der Waals surface area contributed by atoms with Gasteiger partial charge in [-0.25, -0.2) is 9.97 Å². The highest BCUT2D eigenvalue weighted by molar-refractivity contribution is 7.21. The van der Waals surface area contributed by atoms with E-state index in [4.69, 9.17) is 10.5 Å². The SMILES string of the molecule is CCCc1ccc2c(N)c(C(=O)Nc3ncc(CC(=O)OCC)s3)sc2n1. The Morgan fingerprint density at radius 1 is 1.26 bits per heavy atom. The zero-order valence-corrected chi connectivity index (χ0v) is 16.7. The third-order valence-electron chi connectivity index (χ3n) is 3.76. The number of hydrogen-bond donors (Lipinski definition) is 2. The van der Waals surface area contributed by atoms with Crippen LogP contribution < -0.4 is 11.1 Å². The van der Waals surface area contributed by atoms with Crippen molar-refractivity contribution in [3.63, 3.8) is 0 Å². The largest absolute Gasteiger partial charge is 0.466 e. The van der Waals surface area contributed by atoms with Gasteiger partial charge in [-0.1, -0.05) is 13.3 Å². The third kappa shape index (κ3) is 4.42. The van der Waals surface area contributed by atoms with Crippen LogP contribution in [0.2, 0.25) is 0 Å². The Balaban J connectivity index is 1.75. The molecule has 142 valence electrons. The Bertz CT molecular complexity index is 980. The standard InChI is InChI=1S/C18H20N4O3S2/c1-3-5-10-6-7-12-14(19)15(27-17(12)21-10)16(24)22-18-20-9-11(26-18)8-13(23)25-4-2/h6-7,9H,3-5,8,19H2,1-2H3,(H,20,22,24). The van der Waals surface area contributed by atoms with Crippen LogP contribution in [0.25, 0.3) is 10.2 Å². The van der Waals surface area contributed by atoms with Gasteiger partial charge in [0.15, 0.2) is 5.13 Å². The lowest BCUT2D eigenvalue weighted by Crippen LogP contribution is -2.11. The molecule has 0 saturated heterocycles. The summed E-state index contributed by atoms with van der Waals surface area (Å²) < 4.78 is 4.91. The van der Waals surface area contributed by atoms with E-state index in [1.165, 1.54) is 22.7 Å². The third-order valence-corrected chi connectivity index (χ3v) is 5.79. The number of rotatable bonds is 7. The van der Waals surface area contributed by atoms with Crippen molar-refractivity contribution in [3.05, 3.63) is 33.8 Å². The van der Waals surface area contributed by atoms with Crippen molar-refractivity contribution >= 4 is 55.6 Å². The minimum Gasteiger partial charge on any atom is -0.466 e. The molecule has 0 bridgehead atoms. The Kier molecular flexibility index (Phi) is 6.02. The van der Waals surface area contributed by atoms with Gasteiger partial charge in [0.2, 0.25) is 0 Å². The number of nitrogens with one attached hydrogen (secondary N) is 1. The highest BCUT2D eigenvalue weighted by atomic mass is 32.1. The first-order chi connectivity index (χ1) is 13.0. The maximum absolute atomic E-state index is 12.6. The number of nitrogens with two attached hydrogens (primary N) is 1. The monoisotopic (exact) mass is 404 g/mol. The smallest absolute Gasteiger partial charge is 0.311 e. The number of fused-ring (bicyclic) bond motifs is 1. The van der Waals surface area contributed by atoms with Gasteiger partial charge in [0.05, 0.1) is 18.7 Å². The summed E-state index contributed by atoms with van der Waals surface area (Å²) in [6, 6.07) is 3.86. The molecule has 0 aromatic carbocycles. The zero-order valence-electron chi connectivity index (χ0n) is 15.1. The average molecular weight is 405 g/mol. The van der Waals surface area contributed by atoms with E-state index in [0.29, 0.717) is 22.3 Å². The quantitative estimate of drug-likeness (QED) is 0.582. The molecule has 3 aromatic rings. The number of pyridine rings is 1. The number of aromatic nitrogens is 2. The molecule has 0 spiro atoms. The van der Waals surface area contributed by atoms with Crippen LogP contribution in [0.4, 0.5) is 10.8 Å². The maximum Gasteiger partial charge on any atom is 0.311 e. The number of amides is 1. The van der Waals surface area contributed by atoms with Crippen LogP contribution in [0.15, 0.2) is 18.3 Å². The van der Waals surface area contributed by atoms with Gasteiger partial charge in [0.1, 0.15) is 9.71 Å². The number of nitrogens with zero attached hydrogens (tertiary/aromatic N) is 2. The van der Waals surface area contributed by atoms with Crippen LogP contribution in [-0.2, 0) is 22.4 Å². The molecular weight excluding hydrogens is 384 g/mol. The number of hydrogen-bond acceptors (Lipinski definition) is 8. The van der Waals surface area contributed by atoms with Crippen molar-refractivity contribution < 1.29 is 14.3 Å². The van der Waals surface area contributed by atoms with Gasteiger partial charge in [0.25, 0.3) is 5.91 Å². The molecule has 0 saturated carbocycles. The summed E-state index contributed by atoms with van der Waals surface area (Å²) in [6.07, 6.45) is 3.59. The van der Waals surface area contributed by atoms with Gasteiger partial charge in [-0.3, -0.25) is 14.9 Å². The number of thiophene rings is 1. The van der Waals surface area contributed by atoms with E-state index >= 15 is 0 Å². The minimum atomic E-state index is -0.329. The molecule has 3 aromatic heterocycles. The van der Waals surface area contributed by atoms with Crippen molar-refractivity contribution in [3.8, 4) is 0 Å². The molecule has 3 rings (SSSR count). The molecular formula is C18H20N4O3S2. The topological polar surface area (TPSA) is 107 Å². The molecule has 1 amide bonds. The molecule has 27 heavy (non-hydrogen) atoms. The van der Waals surface area contributed by atoms with Crippen LogP contribution in [0.3, 0.4) is 0 Å². The minimum absolute atomic E-state index is 0.135. The molecule has 0 aliphatic rings. The lowest BCUT2D eigenvalue weighted by atomic mass is 10.2. The lowest BCUT2D eigenvalue weighted by molar-refractivity contribution is -0.142. The Morgan fingerprint density at radius 3 is 2.81 bits per heavy atom. The van der Waals surface area contributed by atoms with Crippen LogP contribution >= 0.6 is 22.7 Å². The van der Waals surface area contributed by atoms with E-state index in [2.05, 4.69) is 22.2 Å². The van der Waals surface area contributed by atoms with E-state index in [0.717, 1.165) is 33.6 Å². The normalized spacial score (nSPS) is 10.9. The first-order valence-corrected chi connectivity index (χ1v) is 10.2. The van der Waals surface area contributed by atoms with Crippen LogP contribution in [0.1, 0.15) is 40.5 Å². The first kappa shape index (κ1) is 19.2. The molecule has 0 aliphatic carbocycles. The Hall–Kier alpha value is -2.52. The van der Waals surface area contributed by atoms with Crippen molar-refractivity contribution in [1.29, 1.82) is 0 Å². The summed E-state index contributed by atoms with van der Waals surface area (Å²) in [4.78, 5) is 34.8. The maximum atomic E-state index is 12.6. The number of carbonyl (C=O) groups excluding carboxylic acids is 2. The molecule has 7 nitrogen and oxygen atoms in total. The van der Waals surface area contributed by atoms with Crippen molar-refractivity contribution in [2.75, 3.05) is 17.7 Å². The summed E-state index contributed by atoms with van der Waals surface area (Å²) in [5.74, 6) is -0.647. The average Bonchev–Trinajstić information content (AvgIpc) is 3.19. The number of anilines is 2. The summed E-state index contributed by atoms with van der Waals surface area (Å²) in [5, 5.41) is 3.94. The number of esters is 1. The van der Waals surface area contributed by atoms with Gasteiger partial charge in [-0.05, 0) is 25.5 Å². The molecule has 3 heterocycles. The van der Waals surface area contributed by atoms with E-state index in [-0.39, 0.29) is 18.3 Å². The van der Waals surface area contributed by atoms with Gasteiger partial charge in [-0.15, -0.1) is 22.7 Å². The number of carbonyl (C=O) groups is 2. The Morgan fingerprint density at radius 2 is 2.07 bits per heavy atom. The van der Waals surface area contributed by atoms with Crippen molar-refractivity contribution in [2.24, 2.45) is 0 Å². The highest BCUT2D eigenvalue weighted by Gasteiger charge is 2.19. The summed E-state index contributed by atoms with van der Waals surface area (Å²) in [5.41, 5.74) is 7.56. The second kappa shape index (κ2) is 8.45. The van der Waals surface area contributed by atoms with Crippen LogP contribution in [0.5, 0.6) is 0 Å². The molecule has 0 radical (unpaired) electrons. The molecule has 0 aliphatic heterocycles. The fourth-order valence-corrected chi connectivity index (χ4v) is 4.36. The molecule has 0 fully saturated rings. The fourth-order valence-electron chi connectivity index (χ4n) is 2.55. The number of nitrogen functional groups attached to an aromatic ring is 1. The zero-order chi connectivity index (χ0) is 19.4. The number of thiazole rings is 1. The van der Waals surface area contributed by atoms with E-state index < -0.39 is 0 Å². The van der Waals surface area contributed by atoms with Crippen LogP contribution in [0, 0.1) is 0 Å². The lowest BCUT2D eigenvalue weighted by Gasteiger charge is -2.00. The summed E-state index contributed by atoms with van der Waals surface area (Å²) >= 11 is 2.51. The predicted octanol–water partition coefficient (Wildman–Crippen LogP) is 3.65.